The zero-order valence-electron chi connectivity index (χ0n) is 21.8. The Morgan fingerprint density at radius 1 is 0.905 bits per heavy atom. The van der Waals surface area contributed by atoms with E-state index < -0.39 is 52.8 Å². The molecule has 0 aromatic heterocycles. The summed E-state index contributed by atoms with van der Waals surface area (Å²) in [6, 6.07) is 7.58. The number of nitrogens with zero attached hydrogens (tertiary/aromatic N) is 1. The molecule has 2 heterocycles. The third-order valence-corrected chi connectivity index (χ3v) is 7.91. The van der Waals surface area contributed by atoms with Gasteiger partial charge in [-0.3, -0.25) is 4.79 Å². The highest BCUT2D eigenvalue weighted by atomic mass is 19.4. The maximum absolute atomic E-state index is 13.9. The highest BCUT2D eigenvalue weighted by molar-refractivity contribution is 5.80. The average molecular weight is 614 g/mol. The molecule has 42 heavy (non-hydrogen) atoms. The number of ether oxygens (including phenoxy) is 1. The minimum absolute atomic E-state index is 0.00923. The first-order chi connectivity index (χ1) is 19.3. The molecule has 230 valence electrons. The monoisotopic (exact) mass is 614 g/mol. The largest absolute Gasteiger partial charge is 0.490 e. The normalized spacial score (nSPS) is 23.7. The lowest BCUT2D eigenvalue weighted by Gasteiger charge is -2.37. The number of rotatable bonds is 5. The summed E-state index contributed by atoms with van der Waals surface area (Å²) in [7, 11) is 0. The molecule has 15 heteroatoms. The second kappa shape index (κ2) is 10.7. The van der Waals surface area contributed by atoms with E-state index in [0.29, 0.717) is 37.2 Å². The van der Waals surface area contributed by atoms with E-state index in [4.69, 9.17) is 0 Å². The van der Waals surface area contributed by atoms with Crippen LogP contribution in [0.3, 0.4) is 0 Å². The Balaban J connectivity index is 1.78. The molecule has 0 aliphatic carbocycles. The summed E-state index contributed by atoms with van der Waals surface area (Å²) in [5, 5.41) is 3.07. The minimum atomic E-state index is -6.53. The van der Waals surface area contributed by atoms with E-state index in [-0.39, 0.29) is 30.5 Å². The molecule has 5 nitrogen and oxygen atoms in total. The first-order valence-corrected chi connectivity index (χ1v) is 12.6. The minimum Gasteiger partial charge on any atom is -0.428 e. The highest BCUT2D eigenvalue weighted by Gasteiger charge is 2.76. The van der Waals surface area contributed by atoms with Gasteiger partial charge in [0.25, 0.3) is 0 Å². The molecule has 0 spiro atoms. The molecule has 2 aromatic carbocycles. The number of esters is 1. The van der Waals surface area contributed by atoms with Gasteiger partial charge < -0.3 is 15.0 Å². The number of amides is 1. The van der Waals surface area contributed by atoms with Crippen molar-refractivity contribution in [3.05, 3.63) is 71.0 Å². The molecule has 2 aliphatic rings. The van der Waals surface area contributed by atoms with Gasteiger partial charge in [-0.1, -0.05) is 43.3 Å². The van der Waals surface area contributed by atoms with Crippen LogP contribution in [0.1, 0.15) is 36.0 Å². The lowest BCUT2D eigenvalue weighted by molar-refractivity contribution is -0.382. The Hall–Kier alpha value is -3.36. The van der Waals surface area contributed by atoms with Crippen molar-refractivity contribution >= 4 is 11.9 Å². The number of carbonyl (C=O) groups is 2. The van der Waals surface area contributed by atoms with Crippen LogP contribution in [0.5, 0.6) is 0 Å². The van der Waals surface area contributed by atoms with E-state index in [1.54, 1.807) is 6.92 Å². The van der Waals surface area contributed by atoms with Gasteiger partial charge in [0.2, 0.25) is 5.91 Å². The number of benzene rings is 2. The summed E-state index contributed by atoms with van der Waals surface area (Å²) in [4.78, 5) is 26.0. The maximum atomic E-state index is 13.9. The number of nitrogens with one attached hydrogen (secondary N) is 1. The molecule has 1 N–H and O–H groups in total. The predicted molar refractivity (Wildman–Crippen MR) is 126 cm³/mol. The second-order valence-electron chi connectivity index (χ2n) is 10.6. The predicted octanol–water partition coefficient (Wildman–Crippen LogP) is 5.74. The standard InChI is InChI=1S/C27H24F10N2O3/c1-23(17-6-8-19(28)9-7-17)14-39(21(40)16-10-11-38-12-16)13-20(23)15-2-4-18(5-3-15)24(26(32,33)34,27(35,36)37)42-22(41)25(29,30)31/h2-9,16,20,38H,10-14H2,1H3/t16?,20-,23+/m0/s1. The fourth-order valence-electron chi connectivity index (χ4n) is 5.69. The molecule has 2 fully saturated rings. The topological polar surface area (TPSA) is 58.6 Å². The quantitative estimate of drug-likeness (QED) is 0.345. The van der Waals surface area contributed by atoms with Crippen LogP contribution in [0.25, 0.3) is 0 Å². The van der Waals surface area contributed by atoms with Crippen LogP contribution < -0.4 is 5.32 Å². The summed E-state index contributed by atoms with van der Waals surface area (Å²) in [5.41, 5.74) is -7.69. The summed E-state index contributed by atoms with van der Waals surface area (Å²) < 4.78 is 139. The maximum Gasteiger partial charge on any atom is 0.490 e. The SMILES string of the molecule is C[C@]1(c2ccc(F)cc2)CN(C(=O)C2CCNC2)C[C@H]1c1ccc(C(OC(=O)C(F)(F)F)(C(F)(F)F)C(F)(F)F)cc1. The van der Waals surface area contributed by atoms with Crippen molar-refractivity contribution in [2.75, 3.05) is 26.2 Å². The summed E-state index contributed by atoms with van der Waals surface area (Å²) in [6.45, 7) is 2.85. The van der Waals surface area contributed by atoms with E-state index in [2.05, 4.69) is 10.1 Å². The van der Waals surface area contributed by atoms with E-state index >= 15 is 0 Å². The fraction of sp³-hybridized carbons (Fsp3) is 0.481. The number of likely N-dealkylation sites (tertiary alicyclic amines) is 1. The number of hydrogen-bond donors (Lipinski definition) is 1. The third kappa shape index (κ3) is 5.54. The van der Waals surface area contributed by atoms with Crippen LogP contribution in [0.4, 0.5) is 43.9 Å². The molecule has 0 bridgehead atoms. The average Bonchev–Trinajstić information content (AvgIpc) is 3.54. The molecule has 2 aliphatic heterocycles. The molecule has 3 atom stereocenters. The van der Waals surface area contributed by atoms with Gasteiger partial charge in [-0.25, -0.2) is 9.18 Å². The fourth-order valence-corrected chi connectivity index (χ4v) is 5.69. The van der Waals surface area contributed by atoms with Gasteiger partial charge in [0.1, 0.15) is 5.82 Å². The van der Waals surface area contributed by atoms with Crippen LogP contribution >= 0.6 is 0 Å². The van der Waals surface area contributed by atoms with Gasteiger partial charge in [-0.05, 0) is 36.2 Å². The molecule has 0 radical (unpaired) electrons. The van der Waals surface area contributed by atoms with Crippen molar-refractivity contribution < 1.29 is 58.2 Å². The highest BCUT2D eigenvalue weighted by Crippen LogP contribution is 2.54. The molecule has 0 saturated carbocycles. The Morgan fingerprint density at radius 3 is 1.95 bits per heavy atom. The van der Waals surface area contributed by atoms with E-state index in [1.807, 2.05) is 0 Å². The van der Waals surface area contributed by atoms with Gasteiger partial charge in [-0.15, -0.1) is 0 Å². The van der Waals surface area contributed by atoms with Crippen LogP contribution in [-0.2, 0) is 25.3 Å². The van der Waals surface area contributed by atoms with Crippen molar-refractivity contribution in [2.45, 2.75) is 48.8 Å². The van der Waals surface area contributed by atoms with Gasteiger partial charge >= 0.3 is 30.1 Å². The zero-order valence-corrected chi connectivity index (χ0v) is 21.8. The Bertz CT molecular complexity index is 1290. The molecule has 1 unspecified atom stereocenters. The number of carbonyl (C=O) groups excluding carboxylic acids is 2. The Labute approximate surface area is 232 Å². The van der Waals surface area contributed by atoms with Crippen molar-refractivity contribution in [3.8, 4) is 0 Å². The van der Waals surface area contributed by atoms with Crippen molar-refractivity contribution in [3.63, 3.8) is 0 Å². The smallest absolute Gasteiger partial charge is 0.428 e. The van der Waals surface area contributed by atoms with Gasteiger partial charge in [-0.2, -0.15) is 39.5 Å². The molecule has 2 saturated heterocycles. The van der Waals surface area contributed by atoms with E-state index in [1.165, 1.54) is 29.2 Å². The molecular weight excluding hydrogens is 590 g/mol. The number of halogens is 10. The van der Waals surface area contributed by atoms with Crippen LogP contribution in [0.15, 0.2) is 48.5 Å². The Morgan fingerprint density at radius 2 is 1.48 bits per heavy atom. The van der Waals surface area contributed by atoms with Gasteiger partial charge in [0, 0.05) is 36.5 Å². The molecule has 4 rings (SSSR count). The summed E-state index contributed by atoms with van der Waals surface area (Å²) in [6.07, 6.45) is -18.6. The van der Waals surface area contributed by atoms with Crippen molar-refractivity contribution in [1.82, 2.24) is 10.2 Å². The van der Waals surface area contributed by atoms with Gasteiger partial charge in [0.05, 0.1) is 5.92 Å². The van der Waals surface area contributed by atoms with Crippen molar-refractivity contribution in [1.29, 1.82) is 0 Å². The number of hydrogen-bond acceptors (Lipinski definition) is 4. The third-order valence-electron chi connectivity index (χ3n) is 7.91. The van der Waals surface area contributed by atoms with Gasteiger partial charge in [0.15, 0.2) is 0 Å². The first kappa shape index (κ1) is 31.6. The van der Waals surface area contributed by atoms with Crippen LogP contribution in [0.2, 0.25) is 0 Å². The lowest BCUT2D eigenvalue weighted by Crippen LogP contribution is -2.58. The van der Waals surface area contributed by atoms with Crippen molar-refractivity contribution in [2.24, 2.45) is 5.92 Å². The zero-order chi connectivity index (χ0) is 31.3. The van der Waals surface area contributed by atoms with E-state index in [9.17, 15) is 53.5 Å². The lowest BCUT2D eigenvalue weighted by atomic mass is 9.71. The molecule has 1 amide bonds. The van der Waals surface area contributed by atoms with Crippen LogP contribution in [0, 0.1) is 11.7 Å². The molecule has 2 aromatic rings. The first-order valence-electron chi connectivity index (χ1n) is 12.6. The van der Waals surface area contributed by atoms with E-state index in [0.717, 1.165) is 12.1 Å². The number of alkyl halides is 9. The second-order valence-corrected chi connectivity index (χ2v) is 10.6. The van der Waals surface area contributed by atoms with Crippen LogP contribution in [-0.4, -0.2) is 61.5 Å². The summed E-state index contributed by atoms with van der Waals surface area (Å²) >= 11 is 0. The molecular formula is C27H24F10N2O3. The Kier molecular flexibility index (Phi) is 8.06. The summed E-state index contributed by atoms with van der Waals surface area (Å²) in [5.74, 6) is -5.50.